The lowest BCUT2D eigenvalue weighted by molar-refractivity contribution is -0.180. The fraction of sp³-hybridized carbons (Fsp3) is 0.773. The van der Waals surface area contributed by atoms with Gasteiger partial charge in [-0.25, -0.2) is 0 Å². The largest absolute Gasteiger partial charge is 0.388 e. The summed E-state index contributed by atoms with van der Waals surface area (Å²) in [5.74, 6) is 1.01. The second kappa shape index (κ2) is 5.30. The Kier molecular flexibility index (Phi) is 3.96. The quantitative estimate of drug-likeness (QED) is 0.692. The van der Waals surface area contributed by atoms with E-state index in [1.807, 2.05) is 6.92 Å². The zero-order valence-corrected chi connectivity index (χ0v) is 16.4. The first-order chi connectivity index (χ1) is 11.0. The Morgan fingerprint density at radius 3 is 2.33 bits per heavy atom. The topological polar surface area (TPSA) is 37.3 Å². The number of aliphatic hydroxyl groups is 1. The Labute approximate surface area is 147 Å². The van der Waals surface area contributed by atoms with Gasteiger partial charge in [0.2, 0.25) is 0 Å². The fourth-order valence-electron chi connectivity index (χ4n) is 6.02. The van der Waals surface area contributed by atoms with Gasteiger partial charge in [0.15, 0.2) is 5.78 Å². The van der Waals surface area contributed by atoms with Crippen LogP contribution < -0.4 is 0 Å². The molecule has 0 bridgehead atoms. The summed E-state index contributed by atoms with van der Waals surface area (Å²) >= 11 is 0. The first-order valence-electron chi connectivity index (χ1n) is 9.64. The van der Waals surface area contributed by atoms with Crippen LogP contribution in [-0.2, 0) is 4.79 Å². The van der Waals surface area contributed by atoms with Gasteiger partial charge >= 0.3 is 0 Å². The van der Waals surface area contributed by atoms with Gasteiger partial charge in [-0.05, 0) is 49.0 Å². The molecule has 3 aliphatic carbocycles. The van der Waals surface area contributed by atoms with Crippen molar-refractivity contribution in [3.8, 4) is 0 Å². The molecule has 0 radical (unpaired) electrons. The summed E-state index contributed by atoms with van der Waals surface area (Å²) in [4.78, 5) is 13.0. The minimum atomic E-state index is -0.838. The van der Waals surface area contributed by atoms with Crippen LogP contribution in [0.5, 0.6) is 0 Å². The molecule has 0 aromatic heterocycles. The predicted molar refractivity (Wildman–Crippen MR) is 98.5 cm³/mol. The molecular weight excluding hydrogens is 296 g/mol. The van der Waals surface area contributed by atoms with Crippen molar-refractivity contribution in [2.45, 2.75) is 73.3 Å². The molecule has 2 unspecified atom stereocenters. The summed E-state index contributed by atoms with van der Waals surface area (Å²) < 4.78 is 0. The van der Waals surface area contributed by atoms with Crippen molar-refractivity contribution in [3.05, 3.63) is 23.3 Å². The van der Waals surface area contributed by atoms with Crippen molar-refractivity contribution in [2.75, 3.05) is 0 Å². The van der Waals surface area contributed by atoms with Crippen molar-refractivity contribution in [3.63, 3.8) is 0 Å². The van der Waals surface area contributed by atoms with Crippen LogP contribution in [0, 0.1) is 34.5 Å². The Morgan fingerprint density at radius 1 is 1.12 bits per heavy atom. The minimum Gasteiger partial charge on any atom is -0.388 e. The first kappa shape index (κ1) is 17.9. The normalized spacial score (nSPS) is 47.4. The molecule has 0 spiro atoms. The molecule has 0 heterocycles. The molecule has 6 atom stereocenters. The molecule has 0 saturated heterocycles. The molecule has 2 heteroatoms. The lowest BCUT2D eigenvalue weighted by Crippen LogP contribution is -2.61. The maximum atomic E-state index is 13.0. The van der Waals surface area contributed by atoms with Crippen LogP contribution in [0.1, 0.15) is 67.7 Å². The SMILES string of the molecule is CCC1=CC2C(C)(C)[C@@H](C)C[C@@H](C)[C@]2(O)[C@@H]2C=C(C)C(=O)C2(C)C1. The molecule has 1 N–H and O–H groups in total. The van der Waals surface area contributed by atoms with E-state index < -0.39 is 11.0 Å². The lowest BCUT2D eigenvalue weighted by atomic mass is 9.49. The molecule has 0 aromatic rings. The molecule has 134 valence electrons. The summed E-state index contributed by atoms with van der Waals surface area (Å²) in [6.07, 6.45) is 7.22. The van der Waals surface area contributed by atoms with Gasteiger partial charge in [-0.3, -0.25) is 4.79 Å². The highest BCUT2D eigenvalue weighted by molar-refractivity contribution is 6.02. The van der Waals surface area contributed by atoms with E-state index in [1.54, 1.807) is 0 Å². The Morgan fingerprint density at radius 2 is 1.75 bits per heavy atom. The number of carbonyl (C=O) groups excluding carboxylic acids is 1. The third-order valence-corrected chi connectivity index (χ3v) is 8.00. The molecule has 3 aliphatic rings. The van der Waals surface area contributed by atoms with Gasteiger partial charge in [0.25, 0.3) is 0 Å². The Balaban J connectivity index is 2.25. The molecule has 2 nitrogen and oxygen atoms in total. The zero-order chi connectivity index (χ0) is 18.1. The average molecular weight is 331 g/mol. The van der Waals surface area contributed by atoms with E-state index >= 15 is 0 Å². The van der Waals surface area contributed by atoms with Gasteiger partial charge in [0, 0.05) is 17.3 Å². The van der Waals surface area contributed by atoms with Crippen LogP contribution in [0.25, 0.3) is 0 Å². The van der Waals surface area contributed by atoms with Gasteiger partial charge in [-0.1, -0.05) is 59.3 Å². The lowest BCUT2D eigenvalue weighted by Gasteiger charge is -2.58. The van der Waals surface area contributed by atoms with Gasteiger partial charge in [-0.2, -0.15) is 0 Å². The van der Waals surface area contributed by atoms with Crippen LogP contribution in [0.3, 0.4) is 0 Å². The van der Waals surface area contributed by atoms with E-state index in [-0.39, 0.29) is 29.0 Å². The molecular formula is C22H34O2. The van der Waals surface area contributed by atoms with Crippen LogP contribution >= 0.6 is 0 Å². The van der Waals surface area contributed by atoms with Crippen molar-refractivity contribution < 1.29 is 9.90 Å². The highest BCUT2D eigenvalue weighted by Crippen LogP contribution is 2.63. The van der Waals surface area contributed by atoms with Crippen molar-refractivity contribution in [2.24, 2.45) is 34.5 Å². The highest BCUT2D eigenvalue weighted by atomic mass is 16.3. The van der Waals surface area contributed by atoms with E-state index in [0.717, 1.165) is 24.8 Å². The Bertz CT molecular complexity index is 626. The van der Waals surface area contributed by atoms with Crippen LogP contribution in [-0.4, -0.2) is 16.5 Å². The Hall–Kier alpha value is -0.890. The highest BCUT2D eigenvalue weighted by Gasteiger charge is 2.64. The zero-order valence-electron chi connectivity index (χ0n) is 16.4. The van der Waals surface area contributed by atoms with Gasteiger partial charge in [0.1, 0.15) is 0 Å². The van der Waals surface area contributed by atoms with Gasteiger partial charge in [-0.15, -0.1) is 0 Å². The number of allylic oxidation sites excluding steroid dienone is 2. The maximum Gasteiger partial charge on any atom is 0.165 e. The molecule has 0 aromatic carbocycles. The third-order valence-electron chi connectivity index (χ3n) is 8.00. The molecule has 0 aliphatic heterocycles. The summed E-state index contributed by atoms with van der Waals surface area (Å²) in [5, 5.41) is 12.1. The van der Waals surface area contributed by atoms with E-state index in [1.165, 1.54) is 5.57 Å². The van der Waals surface area contributed by atoms with E-state index in [2.05, 4.69) is 53.7 Å². The van der Waals surface area contributed by atoms with Crippen LogP contribution in [0.4, 0.5) is 0 Å². The number of hydrogen-bond acceptors (Lipinski definition) is 2. The molecule has 1 fully saturated rings. The summed E-state index contributed by atoms with van der Waals surface area (Å²) in [5.41, 5.74) is 0.889. The van der Waals surface area contributed by atoms with Gasteiger partial charge < -0.3 is 5.11 Å². The summed E-state index contributed by atoms with van der Waals surface area (Å²) in [6, 6.07) is 0. The monoisotopic (exact) mass is 330 g/mol. The second-order valence-corrected chi connectivity index (χ2v) is 9.65. The first-order valence-corrected chi connectivity index (χ1v) is 9.64. The van der Waals surface area contributed by atoms with Crippen LogP contribution in [0.2, 0.25) is 0 Å². The minimum absolute atomic E-state index is 0.0281. The average Bonchev–Trinajstić information content (AvgIpc) is 2.67. The molecule has 24 heavy (non-hydrogen) atoms. The van der Waals surface area contributed by atoms with E-state index in [0.29, 0.717) is 5.92 Å². The predicted octanol–water partition coefficient (Wildman–Crippen LogP) is 4.93. The van der Waals surface area contributed by atoms with E-state index in [4.69, 9.17) is 0 Å². The molecule has 3 rings (SSSR count). The fourth-order valence-corrected chi connectivity index (χ4v) is 6.02. The third kappa shape index (κ3) is 2.08. The number of Topliss-reactive ketones (excluding diaryl/α,β-unsaturated/α-hetero) is 1. The van der Waals surface area contributed by atoms with Crippen LogP contribution in [0.15, 0.2) is 23.3 Å². The second-order valence-electron chi connectivity index (χ2n) is 9.65. The number of rotatable bonds is 1. The summed E-state index contributed by atoms with van der Waals surface area (Å²) in [6.45, 7) is 15.3. The summed E-state index contributed by atoms with van der Waals surface area (Å²) in [7, 11) is 0. The van der Waals surface area contributed by atoms with Crippen molar-refractivity contribution >= 4 is 5.78 Å². The number of carbonyl (C=O) groups is 1. The van der Waals surface area contributed by atoms with Crippen molar-refractivity contribution in [1.82, 2.24) is 0 Å². The molecule has 1 saturated carbocycles. The molecule has 0 amide bonds. The smallest absolute Gasteiger partial charge is 0.165 e. The maximum absolute atomic E-state index is 13.0. The standard InChI is InChI=1S/C22H34O2/c1-8-16-11-17-20(5,6)14(3)10-15(4)22(17,24)18-9-13(2)19(23)21(18,7)12-16/h9,11,14-15,17-18,24H,8,10,12H2,1-7H3/t14-,15+,17?,18+,21?,22+/m0/s1. The van der Waals surface area contributed by atoms with E-state index in [9.17, 15) is 9.90 Å². The van der Waals surface area contributed by atoms with Gasteiger partial charge in [0.05, 0.1) is 5.60 Å². The number of hydrogen-bond donors (Lipinski definition) is 1. The number of fused-ring (bicyclic) bond motifs is 3. The van der Waals surface area contributed by atoms with Crippen molar-refractivity contribution in [1.29, 1.82) is 0 Å². The number of ketones is 1.